The third-order valence-electron chi connectivity index (χ3n) is 3.20. The first-order valence-electron chi connectivity index (χ1n) is 6.90. The van der Waals surface area contributed by atoms with Gasteiger partial charge in [-0.2, -0.15) is 0 Å². The van der Waals surface area contributed by atoms with Crippen molar-refractivity contribution in [3.05, 3.63) is 35.5 Å². The molecular weight excluding hydrogens is 334 g/mol. The maximum atomic E-state index is 11.6. The van der Waals surface area contributed by atoms with Crippen molar-refractivity contribution in [2.75, 3.05) is 12.5 Å². The van der Waals surface area contributed by atoms with Crippen molar-refractivity contribution < 1.29 is 9.53 Å². The quantitative estimate of drug-likeness (QED) is 0.485. The lowest BCUT2D eigenvalue weighted by Crippen LogP contribution is -2.30. The van der Waals surface area contributed by atoms with Gasteiger partial charge in [-0.3, -0.25) is 10.9 Å². The number of para-hydroxylation sites is 1. The second-order valence-corrected chi connectivity index (χ2v) is 6.38. The van der Waals surface area contributed by atoms with Crippen molar-refractivity contribution in [1.29, 1.82) is 0 Å². The molecule has 23 heavy (non-hydrogen) atoms. The lowest BCUT2D eigenvalue weighted by molar-refractivity contribution is -0.136. The van der Waals surface area contributed by atoms with Crippen molar-refractivity contribution >= 4 is 34.9 Å². The van der Waals surface area contributed by atoms with Gasteiger partial charge in [-0.1, -0.05) is 28.9 Å². The van der Waals surface area contributed by atoms with Crippen LogP contribution in [0.4, 0.5) is 5.69 Å². The number of fused-ring (bicyclic) bond motifs is 1. The van der Waals surface area contributed by atoms with Crippen molar-refractivity contribution in [2.24, 2.45) is 0 Å². The Kier molecular flexibility index (Phi) is 4.79. The Labute approximate surface area is 141 Å². The highest BCUT2D eigenvalue weighted by Crippen LogP contribution is 2.42. The van der Waals surface area contributed by atoms with Crippen molar-refractivity contribution in [1.82, 2.24) is 20.1 Å². The maximum absolute atomic E-state index is 11.6. The van der Waals surface area contributed by atoms with Gasteiger partial charge in [-0.05, 0) is 18.6 Å². The molecule has 9 heteroatoms. The van der Waals surface area contributed by atoms with Gasteiger partial charge in [0.15, 0.2) is 0 Å². The number of methoxy groups -OCH3 is 1. The fraction of sp³-hybridized carbons (Fsp3) is 0.214. The Morgan fingerprint density at radius 2 is 2.39 bits per heavy atom. The van der Waals surface area contributed by atoms with Crippen LogP contribution < -0.4 is 10.9 Å². The monoisotopic (exact) mass is 349 g/mol. The predicted octanol–water partition coefficient (Wildman–Crippen LogP) is 2.83. The van der Waals surface area contributed by atoms with Crippen LogP contribution in [0.15, 0.2) is 40.4 Å². The first-order chi connectivity index (χ1) is 11.2. The molecule has 1 aliphatic heterocycles. The van der Waals surface area contributed by atoms with Crippen LogP contribution in [-0.4, -0.2) is 27.8 Å². The molecule has 2 N–H and O–H groups in total. The van der Waals surface area contributed by atoms with Gasteiger partial charge in [-0.15, -0.1) is 10.2 Å². The normalized spacial score (nSPS) is 14.3. The molecule has 7 nitrogen and oxygen atoms in total. The van der Waals surface area contributed by atoms with Crippen molar-refractivity contribution in [2.45, 2.75) is 18.2 Å². The lowest BCUT2D eigenvalue weighted by Gasteiger charge is -2.15. The van der Waals surface area contributed by atoms with E-state index in [9.17, 15) is 4.79 Å². The molecule has 0 amide bonds. The number of rotatable bonds is 5. The Balaban J connectivity index is 1.76. The van der Waals surface area contributed by atoms with E-state index in [0.29, 0.717) is 12.0 Å². The minimum atomic E-state index is -0.337. The van der Waals surface area contributed by atoms with E-state index in [-0.39, 0.29) is 5.97 Å². The van der Waals surface area contributed by atoms with Crippen LogP contribution in [0, 0.1) is 0 Å². The molecule has 1 aromatic heterocycles. The number of aromatic nitrogens is 2. The van der Waals surface area contributed by atoms with Gasteiger partial charge in [0.05, 0.1) is 23.3 Å². The highest BCUT2D eigenvalue weighted by molar-refractivity contribution is 7.97. The molecule has 1 aromatic carbocycles. The molecule has 0 radical (unpaired) electrons. The lowest BCUT2D eigenvalue weighted by atomic mass is 10.2. The zero-order valence-electron chi connectivity index (χ0n) is 12.6. The summed E-state index contributed by atoms with van der Waals surface area (Å²) in [5, 5.41) is 8.86. The number of ether oxygens (including phenoxy) is 1. The number of esters is 1. The fourth-order valence-corrected chi connectivity index (χ4v) is 3.46. The number of benzene rings is 1. The minimum Gasteiger partial charge on any atom is -0.466 e. The average molecular weight is 349 g/mol. The summed E-state index contributed by atoms with van der Waals surface area (Å²) in [6.07, 6.45) is 2.23. The smallest absolute Gasteiger partial charge is 0.335 e. The largest absolute Gasteiger partial charge is 0.466 e. The van der Waals surface area contributed by atoms with Crippen LogP contribution >= 0.6 is 23.3 Å². The summed E-state index contributed by atoms with van der Waals surface area (Å²) in [4.78, 5) is 12.7. The van der Waals surface area contributed by atoms with Crippen molar-refractivity contribution in [3.8, 4) is 10.6 Å². The molecule has 2 heterocycles. The molecular formula is C14H15N5O2S2. The molecule has 0 spiro atoms. The molecule has 0 saturated carbocycles. The number of carbonyl (C=O) groups is 1. The summed E-state index contributed by atoms with van der Waals surface area (Å²) in [6, 6.07) is 6.00. The van der Waals surface area contributed by atoms with E-state index >= 15 is 0 Å². The van der Waals surface area contributed by atoms with E-state index in [1.54, 1.807) is 16.2 Å². The van der Waals surface area contributed by atoms with Crippen LogP contribution in [-0.2, 0) is 9.53 Å². The van der Waals surface area contributed by atoms with Gasteiger partial charge < -0.3 is 4.74 Å². The van der Waals surface area contributed by atoms with E-state index in [1.165, 1.54) is 30.4 Å². The molecule has 3 rings (SSSR count). The number of anilines is 1. The van der Waals surface area contributed by atoms with Gasteiger partial charge in [-0.25, -0.2) is 4.79 Å². The highest BCUT2D eigenvalue weighted by Gasteiger charge is 2.23. The van der Waals surface area contributed by atoms with Crippen LogP contribution in [0.2, 0.25) is 0 Å². The van der Waals surface area contributed by atoms with Gasteiger partial charge in [0.25, 0.3) is 0 Å². The van der Waals surface area contributed by atoms with E-state index < -0.39 is 0 Å². The summed E-state index contributed by atoms with van der Waals surface area (Å²) < 4.78 is 6.47. The standard InChI is InChI=1S/C14H15N5O2S2/c1-3-9(14(20)21-2)7-16-19-18-12-10(13-17-15-8-22-13)5-4-6-11(12)23-19/h4-8,16,18H,3H2,1-2H3. The Bertz CT molecular complexity index is 733. The molecule has 0 bridgehead atoms. The summed E-state index contributed by atoms with van der Waals surface area (Å²) in [5.74, 6) is -0.337. The second kappa shape index (κ2) is 6.99. The zero-order valence-corrected chi connectivity index (χ0v) is 14.2. The fourth-order valence-electron chi connectivity index (χ4n) is 2.05. The SMILES string of the molecule is CCC(=CNN1Nc2c(cccc2-c2nncs2)S1)C(=O)OC. The topological polar surface area (TPSA) is 79.4 Å². The molecule has 0 unspecified atom stereocenters. The molecule has 0 aliphatic carbocycles. The number of hydrazine groups is 2. The van der Waals surface area contributed by atoms with Gasteiger partial charge >= 0.3 is 5.97 Å². The number of hydrogen-bond donors (Lipinski definition) is 2. The molecule has 0 atom stereocenters. The third-order valence-corrected chi connectivity index (χ3v) is 4.84. The Morgan fingerprint density at radius 1 is 1.52 bits per heavy atom. The summed E-state index contributed by atoms with van der Waals surface area (Å²) >= 11 is 2.98. The third kappa shape index (κ3) is 3.31. The second-order valence-electron chi connectivity index (χ2n) is 4.56. The van der Waals surface area contributed by atoms with Crippen LogP contribution in [0.1, 0.15) is 13.3 Å². The van der Waals surface area contributed by atoms with Gasteiger partial charge in [0.1, 0.15) is 10.5 Å². The molecule has 120 valence electrons. The summed E-state index contributed by atoms with van der Waals surface area (Å²) in [7, 11) is 1.37. The van der Waals surface area contributed by atoms with Crippen molar-refractivity contribution in [3.63, 3.8) is 0 Å². The first kappa shape index (κ1) is 15.8. The van der Waals surface area contributed by atoms with E-state index in [1.807, 2.05) is 25.1 Å². The Morgan fingerprint density at radius 3 is 3.09 bits per heavy atom. The van der Waals surface area contributed by atoms with E-state index in [4.69, 9.17) is 4.74 Å². The van der Waals surface area contributed by atoms with Crippen LogP contribution in [0.5, 0.6) is 0 Å². The van der Waals surface area contributed by atoms with E-state index in [0.717, 1.165) is 21.2 Å². The average Bonchev–Trinajstić information content (AvgIpc) is 3.23. The molecule has 0 fully saturated rings. The van der Waals surface area contributed by atoms with Crippen LogP contribution in [0.3, 0.4) is 0 Å². The highest BCUT2D eigenvalue weighted by atomic mass is 32.2. The number of nitrogens with one attached hydrogen (secondary N) is 2. The predicted molar refractivity (Wildman–Crippen MR) is 90.2 cm³/mol. The number of nitrogens with zero attached hydrogens (tertiary/aromatic N) is 3. The van der Waals surface area contributed by atoms with E-state index in [2.05, 4.69) is 21.0 Å². The molecule has 1 aliphatic rings. The zero-order chi connectivity index (χ0) is 16.2. The van der Waals surface area contributed by atoms with Crippen LogP contribution in [0.25, 0.3) is 10.6 Å². The summed E-state index contributed by atoms with van der Waals surface area (Å²) in [6.45, 7) is 1.90. The molecule has 0 saturated heterocycles. The number of carbonyl (C=O) groups excluding carboxylic acids is 1. The summed E-state index contributed by atoms with van der Waals surface area (Å²) in [5.41, 5.74) is 10.5. The Hall–Kier alpha value is -2.10. The number of hydrogen-bond acceptors (Lipinski definition) is 9. The molecule has 2 aromatic rings. The first-order valence-corrected chi connectivity index (χ1v) is 8.56. The van der Waals surface area contributed by atoms with Gasteiger partial charge in [0.2, 0.25) is 0 Å². The minimum absolute atomic E-state index is 0.337. The maximum Gasteiger partial charge on any atom is 0.335 e. The van der Waals surface area contributed by atoms with Gasteiger partial charge in [0, 0.05) is 23.7 Å².